The molecule has 0 atom stereocenters. The number of anilines is 1. The third-order valence-corrected chi connectivity index (χ3v) is 1.57. The molecule has 1 heterocycles. The van der Waals surface area contributed by atoms with E-state index in [0.29, 0.717) is 12.3 Å². The van der Waals surface area contributed by atoms with Gasteiger partial charge in [-0.05, 0) is 0 Å². The highest BCUT2D eigenvalue weighted by Gasteiger charge is 2.14. The summed E-state index contributed by atoms with van der Waals surface area (Å²) in [5, 5.41) is 3.87. The van der Waals surface area contributed by atoms with Crippen LogP contribution in [0.4, 0.5) is 5.69 Å². The van der Waals surface area contributed by atoms with Crippen LogP contribution in [0.1, 0.15) is 10.5 Å². The van der Waals surface area contributed by atoms with Crippen LogP contribution in [0.15, 0.2) is 6.20 Å². The van der Waals surface area contributed by atoms with Crippen LogP contribution in [0.3, 0.4) is 0 Å². The maximum absolute atomic E-state index is 11.3. The Balaban J connectivity index is 2.56. The number of esters is 1. The normalized spacial score (nSPS) is 10.1. The number of nitrogens with zero attached hydrogens (tertiary/aromatic N) is 2. The minimum absolute atomic E-state index is 0.142. The van der Waals surface area contributed by atoms with Crippen LogP contribution in [0.2, 0.25) is 0 Å². The zero-order chi connectivity index (χ0) is 10.6. The van der Waals surface area contributed by atoms with Gasteiger partial charge in [-0.3, -0.25) is 4.68 Å². The van der Waals surface area contributed by atoms with Gasteiger partial charge in [0.05, 0.1) is 12.3 Å². The van der Waals surface area contributed by atoms with Gasteiger partial charge in [-0.2, -0.15) is 5.10 Å². The monoisotopic (exact) mass is 199 g/mol. The van der Waals surface area contributed by atoms with Crippen molar-refractivity contribution in [1.29, 1.82) is 0 Å². The quantitative estimate of drug-likeness (QED) is 0.537. The maximum Gasteiger partial charge on any atom is 0.361 e. The van der Waals surface area contributed by atoms with E-state index in [1.165, 1.54) is 11.8 Å². The van der Waals surface area contributed by atoms with Crippen molar-refractivity contribution < 1.29 is 14.3 Å². The zero-order valence-corrected chi connectivity index (χ0v) is 8.19. The molecule has 0 aromatic carbocycles. The van der Waals surface area contributed by atoms with E-state index in [1.54, 1.807) is 13.2 Å². The van der Waals surface area contributed by atoms with Gasteiger partial charge in [-0.1, -0.05) is 0 Å². The van der Waals surface area contributed by atoms with E-state index in [0.717, 1.165) is 0 Å². The first-order valence-corrected chi connectivity index (χ1v) is 4.10. The second kappa shape index (κ2) is 4.61. The van der Waals surface area contributed by atoms with Crippen LogP contribution >= 0.6 is 0 Å². The highest BCUT2D eigenvalue weighted by Crippen LogP contribution is 2.08. The van der Waals surface area contributed by atoms with E-state index in [2.05, 4.69) is 5.10 Å². The maximum atomic E-state index is 11.3. The highest BCUT2D eigenvalue weighted by atomic mass is 16.6. The number of hydrogen-bond acceptors (Lipinski definition) is 5. The van der Waals surface area contributed by atoms with E-state index in [4.69, 9.17) is 15.2 Å². The van der Waals surface area contributed by atoms with E-state index in [1.807, 2.05) is 0 Å². The third-order valence-electron chi connectivity index (χ3n) is 1.57. The molecule has 6 heteroatoms. The van der Waals surface area contributed by atoms with Crippen molar-refractivity contribution in [2.24, 2.45) is 7.05 Å². The molecular formula is C8H13N3O3. The lowest BCUT2D eigenvalue weighted by molar-refractivity contribution is 0.0382. The lowest BCUT2D eigenvalue weighted by Crippen LogP contribution is -2.12. The van der Waals surface area contributed by atoms with Crippen LogP contribution in [0.25, 0.3) is 0 Å². The van der Waals surface area contributed by atoms with Gasteiger partial charge in [0.15, 0.2) is 5.69 Å². The summed E-state index contributed by atoms with van der Waals surface area (Å²) in [5.74, 6) is -0.528. The van der Waals surface area contributed by atoms with Gasteiger partial charge in [0, 0.05) is 20.4 Å². The molecule has 0 fully saturated rings. The van der Waals surface area contributed by atoms with Crippen LogP contribution in [-0.4, -0.2) is 36.1 Å². The van der Waals surface area contributed by atoms with E-state index >= 15 is 0 Å². The summed E-state index contributed by atoms with van der Waals surface area (Å²) in [4.78, 5) is 11.3. The van der Waals surface area contributed by atoms with Crippen LogP contribution in [0.5, 0.6) is 0 Å². The topological polar surface area (TPSA) is 79.4 Å². The van der Waals surface area contributed by atoms with Gasteiger partial charge >= 0.3 is 5.97 Å². The number of aromatic nitrogens is 2. The van der Waals surface area contributed by atoms with Crippen molar-refractivity contribution in [2.75, 3.05) is 26.1 Å². The molecule has 1 aromatic rings. The summed E-state index contributed by atoms with van der Waals surface area (Å²) in [5.41, 5.74) is 5.99. The van der Waals surface area contributed by atoms with Crippen molar-refractivity contribution in [2.45, 2.75) is 0 Å². The fraction of sp³-hybridized carbons (Fsp3) is 0.500. The Morgan fingerprint density at radius 3 is 2.86 bits per heavy atom. The number of rotatable bonds is 4. The number of nitrogens with two attached hydrogens (primary N) is 1. The molecule has 0 unspecified atom stereocenters. The standard InChI is InChI=1S/C8H13N3O3/c1-11-5-6(9)7(10-11)8(12)14-4-3-13-2/h5H,3-4,9H2,1-2H3. The predicted octanol–water partition coefficient (Wildman–Crippen LogP) is -0.195. The summed E-state index contributed by atoms with van der Waals surface area (Å²) >= 11 is 0. The lowest BCUT2D eigenvalue weighted by Gasteiger charge is -2.01. The molecule has 1 rings (SSSR count). The molecule has 6 nitrogen and oxygen atoms in total. The Hall–Kier alpha value is -1.56. The fourth-order valence-electron chi connectivity index (χ4n) is 0.951. The van der Waals surface area contributed by atoms with Crippen LogP contribution in [0, 0.1) is 0 Å². The average Bonchev–Trinajstić information content (AvgIpc) is 2.45. The Kier molecular flexibility index (Phi) is 3.47. The Morgan fingerprint density at radius 2 is 2.36 bits per heavy atom. The lowest BCUT2D eigenvalue weighted by atomic mass is 10.4. The predicted molar refractivity (Wildman–Crippen MR) is 49.8 cm³/mol. The summed E-state index contributed by atoms with van der Waals surface area (Å²) in [6.07, 6.45) is 1.55. The smallest absolute Gasteiger partial charge is 0.361 e. The number of carbonyl (C=O) groups is 1. The van der Waals surface area contributed by atoms with Crippen molar-refractivity contribution in [1.82, 2.24) is 9.78 Å². The minimum Gasteiger partial charge on any atom is -0.458 e. The second-order valence-corrected chi connectivity index (χ2v) is 2.74. The van der Waals surface area contributed by atoms with E-state index in [9.17, 15) is 4.79 Å². The van der Waals surface area contributed by atoms with Gasteiger partial charge in [0.25, 0.3) is 0 Å². The number of nitrogen functional groups attached to an aromatic ring is 1. The number of aryl methyl sites for hydroxylation is 1. The molecule has 0 aliphatic rings. The van der Waals surface area contributed by atoms with Crippen molar-refractivity contribution >= 4 is 11.7 Å². The molecule has 0 aliphatic heterocycles. The second-order valence-electron chi connectivity index (χ2n) is 2.74. The molecule has 2 N–H and O–H groups in total. The van der Waals surface area contributed by atoms with Gasteiger partial charge in [0.1, 0.15) is 6.61 Å². The molecule has 0 saturated heterocycles. The van der Waals surface area contributed by atoms with E-state index in [-0.39, 0.29) is 12.3 Å². The first-order chi connectivity index (χ1) is 6.65. The largest absolute Gasteiger partial charge is 0.458 e. The molecule has 0 saturated carbocycles. The van der Waals surface area contributed by atoms with Crippen molar-refractivity contribution in [3.63, 3.8) is 0 Å². The number of hydrogen-bond donors (Lipinski definition) is 1. The molecule has 14 heavy (non-hydrogen) atoms. The van der Waals surface area contributed by atoms with Crippen LogP contribution < -0.4 is 5.73 Å². The minimum atomic E-state index is -0.528. The van der Waals surface area contributed by atoms with Gasteiger partial charge in [-0.15, -0.1) is 0 Å². The van der Waals surface area contributed by atoms with Crippen LogP contribution in [-0.2, 0) is 16.5 Å². The number of methoxy groups -OCH3 is 1. The molecule has 0 radical (unpaired) electrons. The summed E-state index contributed by atoms with van der Waals surface area (Å²) in [6.45, 7) is 0.559. The molecule has 0 amide bonds. The molecule has 78 valence electrons. The fourth-order valence-corrected chi connectivity index (χ4v) is 0.951. The highest BCUT2D eigenvalue weighted by molar-refractivity contribution is 5.92. The summed E-state index contributed by atoms with van der Waals surface area (Å²) in [6, 6.07) is 0. The number of ether oxygens (including phenoxy) is 2. The first kappa shape index (κ1) is 10.5. The SMILES string of the molecule is COCCOC(=O)c1nn(C)cc1N. The van der Waals surface area contributed by atoms with Gasteiger partial charge in [0.2, 0.25) is 0 Å². The summed E-state index contributed by atoms with van der Waals surface area (Å²) < 4.78 is 11.0. The number of carbonyl (C=O) groups excluding carboxylic acids is 1. The Morgan fingerprint density at radius 1 is 1.64 bits per heavy atom. The molecular weight excluding hydrogens is 186 g/mol. The van der Waals surface area contributed by atoms with Crippen molar-refractivity contribution in [3.05, 3.63) is 11.9 Å². The van der Waals surface area contributed by atoms with Crippen molar-refractivity contribution in [3.8, 4) is 0 Å². The average molecular weight is 199 g/mol. The molecule has 1 aromatic heterocycles. The zero-order valence-electron chi connectivity index (χ0n) is 8.19. The van der Waals surface area contributed by atoms with E-state index < -0.39 is 5.97 Å². The van der Waals surface area contributed by atoms with Gasteiger partial charge < -0.3 is 15.2 Å². The molecule has 0 bridgehead atoms. The molecule has 0 aliphatic carbocycles. The Labute approximate surface area is 81.6 Å². The third kappa shape index (κ3) is 2.46. The molecule has 0 spiro atoms. The summed E-state index contributed by atoms with van der Waals surface area (Å²) in [7, 11) is 3.21. The Bertz CT molecular complexity index is 322. The van der Waals surface area contributed by atoms with Gasteiger partial charge in [-0.25, -0.2) is 4.79 Å². The first-order valence-electron chi connectivity index (χ1n) is 4.10.